The molecule has 4 saturated heterocycles. The number of carbonyl (C=O) groups excluding carboxylic acids is 4. The zero-order valence-corrected chi connectivity index (χ0v) is 42.6. The van der Waals surface area contributed by atoms with Gasteiger partial charge in [-0.1, -0.05) is 18.2 Å². The van der Waals surface area contributed by atoms with Crippen molar-refractivity contribution in [1.82, 2.24) is 29.8 Å². The molecule has 1 aliphatic carbocycles. The molecular formula is C55H72F3N9O6. The van der Waals surface area contributed by atoms with Crippen LogP contribution in [0.25, 0.3) is 0 Å². The van der Waals surface area contributed by atoms with Gasteiger partial charge >= 0.3 is 6.18 Å². The molecule has 1 atom stereocenters. The van der Waals surface area contributed by atoms with Crippen LogP contribution in [0, 0.1) is 5.92 Å². The van der Waals surface area contributed by atoms with Crippen LogP contribution in [0.4, 0.5) is 24.5 Å². The van der Waals surface area contributed by atoms with E-state index in [0.717, 1.165) is 119 Å². The van der Waals surface area contributed by atoms with Crippen molar-refractivity contribution in [1.29, 1.82) is 0 Å². The number of rotatable bonds is 17. The number of piperidine rings is 3. The van der Waals surface area contributed by atoms with E-state index in [1.165, 1.54) is 17.9 Å². The number of halogens is 3. The van der Waals surface area contributed by atoms with E-state index in [1.54, 1.807) is 37.7 Å². The first kappa shape index (κ1) is 52.5. The van der Waals surface area contributed by atoms with Crippen LogP contribution in [0.15, 0.2) is 76.6 Å². The third kappa shape index (κ3) is 12.8. The van der Waals surface area contributed by atoms with Gasteiger partial charge in [0.05, 0.1) is 36.4 Å². The SMILES string of the molecule is CN=CNc1ccc(CC/C=C2/C(C(F)(F)F)=CC(CN3CCC(OCCN4CCC(CN5CCN(c6ccc7c(c6)CN(C6CCC(=O)NC6=O)C7=O)CC5)CC4)CC3)=CN2C(C)=O)cc1C1CC(OC)C1. The average Bonchev–Trinajstić information content (AvgIpc) is 3.69. The number of hydrogen-bond donors (Lipinski definition) is 2. The van der Waals surface area contributed by atoms with Gasteiger partial charge in [-0.3, -0.25) is 44.2 Å². The number of nitrogens with one attached hydrogen (secondary N) is 2. The number of imide groups is 1. The first-order valence-electron chi connectivity index (χ1n) is 26.4. The van der Waals surface area contributed by atoms with E-state index in [1.807, 2.05) is 24.3 Å². The van der Waals surface area contributed by atoms with Crippen LogP contribution in [0.3, 0.4) is 0 Å². The van der Waals surface area contributed by atoms with Gasteiger partial charge in [0.15, 0.2) is 0 Å². The molecule has 5 fully saturated rings. The molecule has 2 aromatic rings. The summed E-state index contributed by atoms with van der Waals surface area (Å²) in [6.45, 7) is 11.9. The number of amides is 4. The van der Waals surface area contributed by atoms with Gasteiger partial charge in [0, 0.05) is 116 Å². The fourth-order valence-corrected chi connectivity index (χ4v) is 11.7. The molecule has 0 spiro atoms. The summed E-state index contributed by atoms with van der Waals surface area (Å²) in [7, 11) is 3.42. The third-order valence-corrected chi connectivity index (χ3v) is 16.1. The lowest BCUT2D eigenvalue weighted by Crippen LogP contribution is -2.52. The lowest BCUT2D eigenvalue weighted by atomic mass is 9.76. The van der Waals surface area contributed by atoms with Crippen LogP contribution in [-0.4, -0.2) is 172 Å². The molecule has 0 aromatic heterocycles. The molecule has 394 valence electrons. The number of aliphatic imine (C=N–C) groups is 1. The number of allylic oxidation sites excluding steroid dienone is 2. The maximum Gasteiger partial charge on any atom is 0.418 e. The second kappa shape index (κ2) is 23.4. The number of ether oxygens (including phenoxy) is 2. The Bertz CT molecular complexity index is 2460. The van der Waals surface area contributed by atoms with Gasteiger partial charge in [-0.25, -0.2) is 0 Å². The van der Waals surface area contributed by atoms with Crippen molar-refractivity contribution in [3.63, 3.8) is 0 Å². The van der Waals surface area contributed by atoms with Crippen molar-refractivity contribution in [3.8, 4) is 0 Å². The number of nitrogens with zero attached hydrogens (tertiary/aromatic N) is 7. The van der Waals surface area contributed by atoms with Gasteiger partial charge in [-0.05, 0) is 135 Å². The molecule has 1 saturated carbocycles. The van der Waals surface area contributed by atoms with Crippen LogP contribution < -0.4 is 15.5 Å². The number of aryl methyl sites for hydroxylation is 1. The van der Waals surface area contributed by atoms with Crippen molar-refractivity contribution in [2.75, 3.05) is 103 Å². The largest absolute Gasteiger partial charge is 0.418 e. The Hall–Kier alpha value is -5.40. The first-order valence-corrected chi connectivity index (χ1v) is 26.4. The zero-order valence-electron chi connectivity index (χ0n) is 42.6. The van der Waals surface area contributed by atoms with Crippen molar-refractivity contribution in [2.24, 2.45) is 10.9 Å². The zero-order chi connectivity index (χ0) is 51.2. The second-order valence-corrected chi connectivity index (χ2v) is 20.9. The Morgan fingerprint density at radius 1 is 0.904 bits per heavy atom. The molecule has 4 amide bonds. The van der Waals surface area contributed by atoms with Crippen molar-refractivity contribution < 1.29 is 41.8 Å². The molecule has 7 aliphatic rings. The molecular weight excluding hydrogens is 940 g/mol. The number of anilines is 2. The highest BCUT2D eigenvalue weighted by atomic mass is 19.4. The highest BCUT2D eigenvalue weighted by Crippen LogP contribution is 2.43. The summed E-state index contributed by atoms with van der Waals surface area (Å²) in [6.07, 6.45) is 8.85. The van der Waals surface area contributed by atoms with E-state index in [9.17, 15) is 32.3 Å². The minimum absolute atomic E-state index is 0.105. The maximum atomic E-state index is 14.7. The number of benzene rings is 2. The van der Waals surface area contributed by atoms with Gasteiger partial charge in [0.2, 0.25) is 17.7 Å². The standard InChI is InChI=1S/C55H72F3N9O6/c1-37(68)66-34-40(28-48(55(56,57)58)50(66)6-4-5-38-7-10-49(60-36-59-2)47(27-38)41-30-45(31-41)72-3)33-63-19-15-44(16-20-63)73-26-25-62-17-13-39(14-18-62)32-64-21-23-65(24-22-64)43-8-9-46-42(29-43)35-67(54(46)71)51-11-12-52(69)61-53(51)70/h6-10,27-29,34,36,39,41,44-45,51H,4-5,11-26,30-33,35H2,1-3H3,(H,59,60)(H,61,69,70)/b50-6-. The third-order valence-electron chi connectivity index (χ3n) is 16.1. The number of fused-ring (bicyclic) bond motifs is 1. The van der Waals surface area contributed by atoms with Gasteiger partial charge in [-0.15, -0.1) is 0 Å². The van der Waals surface area contributed by atoms with Crippen LogP contribution >= 0.6 is 0 Å². The molecule has 6 aliphatic heterocycles. The summed E-state index contributed by atoms with van der Waals surface area (Å²) < 4.78 is 56.1. The number of piperazine rings is 1. The summed E-state index contributed by atoms with van der Waals surface area (Å²) in [6, 6.07) is 11.5. The van der Waals surface area contributed by atoms with Gasteiger partial charge in [0.1, 0.15) is 6.04 Å². The molecule has 0 bridgehead atoms. The number of hydrogen-bond acceptors (Lipinski definition) is 11. The minimum Gasteiger partial charge on any atom is -0.381 e. The van der Waals surface area contributed by atoms with E-state index in [-0.39, 0.29) is 36.1 Å². The Morgan fingerprint density at radius 2 is 1.66 bits per heavy atom. The monoisotopic (exact) mass is 1010 g/mol. The van der Waals surface area contributed by atoms with Gasteiger partial charge in [0.25, 0.3) is 5.91 Å². The molecule has 9 rings (SSSR count). The highest BCUT2D eigenvalue weighted by molar-refractivity contribution is 6.05. The number of alkyl halides is 3. The Kier molecular flexibility index (Phi) is 16.8. The number of methoxy groups -OCH3 is 1. The summed E-state index contributed by atoms with van der Waals surface area (Å²) in [5.74, 6) is -0.315. The van der Waals surface area contributed by atoms with Crippen molar-refractivity contribution in [3.05, 3.63) is 93.8 Å². The van der Waals surface area contributed by atoms with Crippen molar-refractivity contribution in [2.45, 2.75) is 108 Å². The van der Waals surface area contributed by atoms with Crippen molar-refractivity contribution >= 4 is 41.3 Å². The second-order valence-electron chi connectivity index (χ2n) is 20.9. The van der Waals surface area contributed by atoms with E-state index < -0.39 is 29.6 Å². The Labute approximate surface area is 427 Å². The lowest BCUT2D eigenvalue weighted by Gasteiger charge is -2.40. The summed E-state index contributed by atoms with van der Waals surface area (Å²) in [5, 5.41) is 5.62. The van der Waals surface area contributed by atoms with Crippen LogP contribution in [0.5, 0.6) is 0 Å². The fourth-order valence-electron chi connectivity index (χ4n) is 11.7. The predicted octanol–water partition coefficient (Wildman–Crippen LogP) is 6.48. The average molecular weight is 1010 g/mol. The summed E-state index contributed by atoms with van der Waals surface area (Å²) in [5.41, 5.74) is 5.33. The molecule has 0 radical (unpaired) electrons. The van der Waals surface area contributed by atoms with Crippen LogP contribution in [-0.2, 0) is 36.8 Å². The summed E-state index contributed by atoms with van der Waals surface area (Å²) in [4.78, 5) is 66.7. The van der Waals surface area contributed by atoms with Gasteiger partial charge in [-0.2, -0.15) is 13.2 Å². The molecule has 1 unspecified atom stereocenters. The molecule has 2 aromatic carbocycles. The quantitative estimate of drug-likeness (QED) is 0.102. The van der Waals surface area contributed by atoms with Gasteiger partial charge < -0.3 is 29.5 Å². The van der Waals surface area contributed by atoms with E-state index in [4.69, 9.17) is 9.47 Å². The molecule has 2 N–H and O–H groups in total. The Morgan fingerprint density at radius 3 is 2.36 bits per heavy atom. The molecule has 18 heteroatoms. The smallest absolute Gasteiger partial charge is 0.381 e. The topological polar surface area (TPSA) is 143 Å². The van der Waals surface area contributed by atoms with E-state index in [2.05, 4.69) is 47.4 Å². The van der Waals surface area contributed by atoms with Crippen LogP contribution in [0.2, 0.25) is 0 Å². The van der Waals surface area contributed by atoms with E-state index in [0.29, 0.717) is 75.0 Å². The molecule has 15 nitrogen and oxygen atoms in total. The predicted molar refractivity (Wildman–Crippen MR) is 274 cm³/mol. The minimum atomic E-state index is -4.64. The summed E-state index contributed by atoms with van der Waals surface area (Å²) >= 11 is 0. The molecule has 73 heavy (non-hydrogen) atoms. The van der Waals surface area contributed by atoms with E-state index >= 15 is 0 Å². The number of likely N-dealkylation sites (tertiary alicyclic amines) is 2. The maximum absolute atomic E-state index is 14.7. The Balaban J connectivity index is 0.679. The normalized spacial score (nSPS) is 24.8. The lowest BCUT2D eigenvalue weighted by molar-refractivity contribution is -0.137. The fraction of sp³-hybridized carbons (Fsp3) is 0.582. The first-order chi connectivity index (χ1) is 35.2. The number of carbonyl (C=O) groups is 4. The van der Waals surface area contributed by atoms with Crippen LogP contribution in [0.1, 0.15) is 97.7 Å². The highest BCUT2D eigenvalue weighted by Gasteiger charge is 2.42. The molecule has 6 heterocycles.